The molecular weight excluding hydrogens is 360 g/mol. The topological polar surface area (TPSA) is 58.5 Å². The molecule has 0 heterocycles. The normalized spacial score (nSPS) is 10.8. The number of hydrogen-bond acceptors (Lipinski definition) is 6. The second-order valence-electron chi connectivity index (χ2n) is 5.96. The number of hydrogen-bond donors (Lipinski definition) is 2. The van der Waals surface area contributed by atoms with Gasteiger partial charge >= 0.3 is 0 Å². The van der Waals surface area contributed by atoms with Crippen LogP contribution in [0.3, 0.4) is 0 Å². The molecule has 0 fully saturated rings. The van der Waals surface area contributed by atoms with Crippen molar-refractivity contribution in [1.29, 1.82) is 0 Å². The molecule has 2 aromatic carbocycles. The van der Waals surface area contributed by atoms with E-state index in [0.29, 0.717) is 0 Å². The lowest BCUT2D eigenvalue weighted by atomic mass is 10.2. The Morgan fingerprint density at radius 1 is 0.654 bits per heavy atom. The van der Waals surface area contributed by atoms with E-state index < -0.39 is 0 Å². The van der Waals surface area contributed by atoms with Gasteiger partial charge in [-0.05, 0) is 64.1 Å². The summed E-state index contributed by atoms with van der Waals surface area (Å²) in [6.07, 6.45) is 0. The fourth-order valence-electron chi connectivity index (χ4n) is 2.88. The van der Waals surface area contributed by atoms with Gasteiger partial charge in [-0.3, -0.25) is 0 Å². The molecule has 0 atom stereocenters. The van der Waals surface area contributed by atoms with Crippen LogP contribution in [0.15, 0.2) is 46.2 Å². The number of rotatable bonds is 9. The van der Waals surface area contributed by atoms with Gasteiger partial charge in [-0.1, -0.05) is 21.6 Å². The molecule has 6 heteroatoms. The molecule has 0 radical (unpaired) electrons. The Labute approximate surface area is 165 Å². The second kappa shape index (κ2) is 9.88. The molecule has 0 spiro atoms. The fraction of sp³-hybridized carbons (Fsp3) is 0.400. The van der Waals surface area contributed by atoms with Crippen LogP contribution in [0.1, 0.15) is 27.7 Å². The lowest BCUT2D eigenvalue weighted by Gasteiger charge is -2.22. The smallest absolute Gasteiger partial charge is 0.0481 e. The summed E-state index contributed by atoms with van der Waals surface area (Å²) in [5.41, 5.74) is 16.5. The van der Waals surface area contributed by atoms with Crippen LogP contribution in [0.4, 0.5) is 22.7 Å². The van der Waals surface area contributed by atoms with E-state index in [9.17, 15) is 0 Å². The van der Waals surface area contributed by atoms with E-state index >= 15 is 0 Å². The largest absolute Gasteiger partial charge is 0.398 e. The minimum atomic E-state index is 0.810. The lowest BCUT2D eigenvalue weighted by molar-refractivity contribution is 0.866. The third-order valence-corrected chi connectivity index (χ3v) is 6.98. The van der Waals surface area contributed by atoms with E-state index in [1.807, 2.05) is 0 Å². The summed E-state index contributed by atoms with van der Waals surface area (Å²) >= 11 is 0. The van der Waals surface area contributed by atoms with Gasteiger partial charge in [0.15, 0.2) is 0 Å². The van der Waals surface area contributed by atoms with E-state index in [0.717, 1.165) is 47.3 Å². The number of nitrogens with zero attached hydrogens (tertiary/aromatic N) is 2. The quantitative estimate of drug-likeness (QED) is 0.445. The Hall–Kier alpha value is -1.66. The van der Waals surface area contributed by atoms with Crippen LogP contribution in [0, 0.1) is 0 Å². The Balaban J connectivity index is 2.09. The Morgan fingerprint density at radius 2 is 1.00 bits per heavy atom. The molecule has 0 aromatic heterocycles. The molecule has 0 aliphatic rings. The van der Waals surface area contributed by atoms with Crippen LogP contribution in [0.5, 0.6) is 0 Å². The molecule has 0 aliphatic heterocycles. The molecule has 0 saturated heterocycles. The van der Waals surface area contributed by atoms with E-state index in [-0.39, 0.29) is 0 Å². The van der Waals surface area contributed by atoms with E-state index in [4.69, 9.17) is 11.5 Å². The van der Waals surface area contributed by atoms with Crippen molar-refractivity contribution in [3.63, 3.8) is 0 Å². The SMILES string of the molecule is CCN(CC)c1ccc(SSc2ccc(N(CC)CC)cc2N)c(N)c1. The first-order chi connectivity index (χ1) is 12.5. The Bertz CT molecular complexity index is 651. The van der Waals surface area contributed by atoms with Crippen molar-refractivity contribution in [1.82, 2.24) is 0 Å². The van der Waals surface area contributed by atoms with Crippen LogP contribution < -0.4 is 21.3 Å². The van der Waals surface area contributed by atoms with Crippen LogP contribution in [-0.4, -0.2) is 26.2 Å². The first-order valence-electron chi connectivity index (χ1n) is 9.17. The Morgan fingerprint density at radius 3 is 1.27 bits per heavy atom. The molecule has 0 bridgehead atoms. The zero-order valence-corrected chi connectivity index (χ0v) is 17.8. The van der Waals surface area contributed by atoms with Gasteiger partial charge < -0.3 is 21.3 Å². The average molecular weight is 391 g/mol. The number of benzene rings is 2. The highest BCUT2D eigenvalue weighted by Gasteiger charge is 2.10. The van der Waals surface area contributed by atoms with Crippen LogP contribution in [0.2, 0.25) is 0 Å². The van der Waals surface area contributed by atoms with Gasteiger partial charge in [-0.15, -0.1) is 0 Å². The fourth-order valence-corrected chi connectivity index (χ4v) is 5.07. The number of nitrogen functional groups attached to an aromatic ring is 2. The molecular formula is C20H30N4S2. The predicted octanol–water partition coefficient (Wildman–Crippen LogP) is 5.34. The van der Waals surface area contributed by atoms with Crippen molar-refractivity contribution < 1.29 is 0 Å². The molecule has 2 rings (SSSR count). The second-order valence-corrected chi connectivity index (χ2v) is 8.17. The molecule has 142 valence electrons. The highest BCUT2D eigenvalue weighted by molar-refractivity contribution is 8.76. The summed E-state index contributed by atoms with van der Waals surface area (Å²) < 4.78 is 0. The highest BCUT2D eigenvalue weighted by atomic mass is 33.1. The van der Waals surface area contributed by atoms with Gasteiger partial charge in [0.2, 0.25) is 0 Å². The third kappa shape index (κ3) is 4.95. The number of nitrogens with two attached hydrogens (primary N) is 2. The van der Waals surface area contributed by atoms with Crippen molar-refractivity contribution >= 4 is 44.3 Å². The van der Waals surface area contributed by atoms with Gasteiger partial charge in [-0.25, -0.2) is 0 Å². The van der Waals surface area contributed by atoms with Crippen LogP contribution >= 0.6 is 21.6 Å². The monoisotopic (exact) mass is 390 g/mol. The maximum absolute atomic E-state index is 6.27. The van der Waals surface area contributed by atoms with Gasteiger partial charge in [-0.2, -0.15) is 0 Å². The van der Waals surface area contributed by atoms with Crippen molar-refractivity contribution in [3.05, 3.63) is 36.4 Å². The summed E-state index contributed by atoms with van der Waals surface area (Å²) in [6.45, 7) is 12.5. The average Bonchev–Trinajstić information content (AvgIpc) is 2.64. The standard InChI is InChI=1S/C20H30N4S2/c1-5-23(6-2)15-9-11-19(17(21)13-15)25-26-20-12-10-16(14-18(20)22)24(7-3)8-4/h9-14H,5-8,21-22H2,1-4H3. The van der Waals surface area contributed by atoms with Gasteiger partial charge in [0.25, 0.3) is 0 Å². The molecule has 4 N–H and O–H groups in total. The minimum absolute atomic E-state index is 0.810. The first kappa shape index (κ1) is 20.6. The van der Waals surface area contributed by atoms with E-state index in [2.05, 4.69) is 73.9 Å². The van der Waals surface area contributed by atoms with Gasteiger partial charge in [0, 0.05) is 58.7 Å². The molecule has 26 heavy (non-hydrogen) atoms. The molecule has 0 aliphatic carbocycles. The maximum Gasteiger partial charge on any atom is 0.0481 e. The molecule has 0 amide bonds. The zero-order chi connectivity index (χ0) is 19.1. The highest BCUT2D eigenvalue weighted by Crippen LogP contribution is 2.43. The lowest BCUT2D eigenvalue weighted by Crippen LogP contribution is -2.21. The summed E-state index contributed by atoms with van der Waals surface area (Å²) in [6, 6.07) is 12.6. The van der Waals surface area contributed by atoms with Crippen LogP contribution in [0.25, 0.3) is 0 Å². The van der Waals surface area contributed by atoms with Crippen LogP contribution in [-0.2, 0) is 0 Å². The van der Waals surface area contributed by atoms with Crippen molar-refractivity contribution in [3.8, 4) is 0 Å². The summed E-state index contributed by atoms with van der Waals surface area (Å²) in [5, 5.41) is 0. The predicted molar refractivity (Wildman–Crippen MR) is 121 cm³/mol. The first-order valence-corrected chi connectivity index (χ1v) is 11.3. The van der Waals surface area contributed by atoms with Gasteiger partial charge in [0.1, 0.15) is 0 Å². The summed E-state index contributed by atoms with van der Waals surface area (Å²) in [5.74, 6) is 0. The summed E-state index contributed by atoms with van der Waals surface area (Å²) in [4.78, 5) is 6.72. The van der Waals surface area contributed by atoms with Crippen molar-refractivity contribution in [2.45, 2.75) is 37.5 Å². The molecule has 4 nitrogen and oxygen atoms in total. The Kier molecular flexibility index (Phi) is 7.85. The van der Waals surface area contributed by atoms with E-state index in [1.54, 1.807) is 21.6 Å². The molecule has 0 unspecified atom stereocenters. The molecule has 0 saturated carbocycles. The van der Waals surface area contributed by atoms with Gasteiger partial charge in [0.05, 0.1) is 0 Å². The van der Waals surface area contributed by atoms with Crippen molar-refractivity contribution in [2.24, 2.45) is 0 Å². The van der Waals surface area contributed by atoms with Crippen molar-refractivity contribution in [2.75, 3.05) is 47.4 Å². The minimum Gasteiger partial charge on any atom is -0.398 e. The molecule has 2 aromatic rings. The summed E-state index contributed by atoms with van der Waals surface area (Å²) in [7, 11) is 3.31. The van der Waals surface area contributed by atoms with E-state index in [1.165, 1.54) is 11.4 Å². The third-order valence-electron chi connectivity index (χ3n) is 4.47. The zero-order valence-electron chi connectivity index (χ0n) is 16.2. The maximum atomic E-state index is 6.27. The number of anilines is 4.